The number of imide groups is 1. The highest BCUT2D eigenvalue weighted by Gasteiger charge is 2.41. The van der Waals surface area contributed by atoms with Gasteiger partial charge in [-0.3, -0.25) is 19.3 Å². The van der Waals surface area contributed by atoms with Gasteiger partial charge in [0.1, 0.15) is 11.8 Å². The SMILES string of the molecule is COc1ccc([C@H](NC(=O)[C@H](C)N2C(=O)c3ccccc3C2=O)c2ccccc2)cc1. The van der Waals surface area contributed by atoms with E-state index in [0.29, 0.717) is 16.9 Å². The maximum Gasteiger partial charge on any atom is 0.262 e. The first kappa shape index (κ1) is 20.3. The normalized spacial score (nSPS) is 14.7. The maximum atomic E-state index is 13.2. The Morgan fingerprint density at radius 2 is 1.32 bits per heavy atom. The van der Waals surface area contributed by atoms with Gasteiger partial charge in [0.25, 0.3) is 11.8 Å². The number of ether oxygens (including phenoxy) is 1. The molecule has 0 unspecified atom stereocenters. The Hall–Kier alpha value is -3.93. The predicted octanol–water partition coefficient (Wildman–Crippen LogP) is 3.59. The summed E-state index contributed by atoms with van der Waals surface area (Å²) < 4.78 is 5.23. The van der Waals surface area contributed by atoms with E-state index in [1.54, 1.807) is 38.3 Å². The third-order valence-electron chi connectivity index (χ3n) is 5.46. The molecule has 1 N–H and O–H groups in total. The molecule has 0 fully saturated rings. The molecular formula is C25H22N2O4. The highest BCUT2D eigenvalue weighted by molar-refractivity contribution is 6.22. The number of fused-ring (bicyclic) bond motifs is 1. The molecule has 0 spiro atoms. The molecule has 1 aliphatic heterocycles. The minimum atomic E-state index is -0.961. The van der Waals surface area contributed by atoms with Crippen molar-refractivity contribution in [3.63, 3.8) is 0 Å². The summed E-state index contributed by atoms with van der Waals surface area (Å²) in [5.41, 5.74) is 2.38. The second-order valence-electron chi connectivity index (χ2n) is 7.33. The minimum absolute atomic E-state index is 0.321. The van der Waals surface area contributed by atoms with Crippen molar-refractivity contribution in [2.75, 3.05) is 7.11 Å². The summed E-state index contributed by atoms with van der Waals surface area (Å²) in [7, 11) is 1.59. The van der Waals surface area contributed by atoms with Crippen molar-refractivity contribution in [2.45, 2.75) is 19.0 Å². The number of nitrogens with zero attached hydrogens (tertiary/aromatic N) is 1. The van der Waals surface area contributed by atoms with Gasteiger partial charge in [-0.2, -0.15) is 0 Å². The zero-order valence-corrected chi connectivity index (χ0v) is 17.2. The summed E-state index contributed by atoms with van der Waals surface area (Å²) in [5, 5.41) is 3.01. The molecule has 1 aliphatic rings. The van der Waals surface area contributed by atoms with E-state index in [1.807, 2.05) is 54.6 Å². The van der Waals surface area contributed by atoms with Gasteiger partial charge in [0, 0.05) is 0 Å². The van der Waals surface area contributed by atoms with Crippen molar-refractivity contribution in [2.24, 2.45) is 0 Å². The minimum Gasteiger partial charge on any atom is -0.497 e. The molecule has 0 aromatic heterocycles. The summed E-state index contributed by atoms with van der Waals surface area (Å²) in [6.07, 6.45) is 0. The van der Waals surface area contributed by atoms with Crippen molar-refractivity contribution in [1.82, 2.24) is 10.2 Å². The van der Waals surface area contributed by atoms with E-state index in [-0.39, 0.29) is 0 Å². The summed E-state index contributed by atoms with van der Waals surface area (Å²) in [6.45, 7) is 1.56. The molecule has 31 heavy (non-hydrogen) atoms. The van der Waals surface area contributed by atoms with Crippen LogP contribution in [-0.2, 0) is 4.79 Å². The van der Waals surface area contributed by atoms with Gasteiger partial charge >= 0.3 is 0 Å². The van der Waals surface area contributed by atoms with Gasteiger partial charge in [0.05, 0.1) is 24.3 Å². The quantitative estimate of drug-likeness (QED) is 0.626. The first-order valence-corrected chi connectivity index (χ1v) is 9.97. The van der Waals surface area contributed by atoms with Gasteiger partial charge in [-0.1, -0.05) is 54.6 Å². The summed E-state index contributed by atoms with van der Waals surface area (Å²) >= 11 is 0. The fourth-order valence-electron chi connectivity index (χ4n) is 3.74. The van der Waals surface area contributed by atoms with Crippen molar-refractivity contribution in [3.8, 4) is 5.75 Å². The molecule has 1 heterocycles. The van der Waals surface area contributed by atoms with Gasteiger partial charge in [0.15, 0.2) is 0 Å². The van der Waals surface area contributed by atoms with Crippen molar-refractivity contribution < 1.29 is 19.1 Å². The van der Waals surface area contributed by atoms with Gasteiger partial charge in [-0.25, -0.2) is 0 Å². The fraction of sp³-hybridized carbons (Fsp3) is 0.160. The number of hydrogen-bond donors (Lipinski definition) is 1. The molecule has 4 rings (SSSR count). The number of benzene rings is 3. The molecular weight excluding hydrogens is 392 g/mol. The van der Waals surface area contributed by atoms with Crippen LogP contribution in [0.15, 0.2) is 78.9 Å². The largest absolute Gasteiger partial charge is 0.497 e. The third kappa shape index (κ3) is 3.80. The molecule has 6 nitrogen and oxygen atoms in total. The van der Waals surface area contributed by atoms with Crippen LogP contribution in [0.5, 0.6) is 5.75 Å². The zero-order chi connectivity index (χ0) is 22.0. The Labute approximate surface area is 180 Å². The third-order valence-corrected chi connectivity index (χ3v) is 5.46. The monoisotopic (exact) mass is 414 g/mol. The van der Waals surface area contributed by atoms with Crippen LogP contribution in [0.2, 0.25) is 0 Å². The van der Waals surface area contributed by atoms with E-state index in [9.17, 15) is 14.4 Å². The van der Waals surface area contributed by atoms with E-state index in [4.69, 9.17) is 4.74 Å². The Kier molecular flexibility index (Phi) is 5.54. The molecule has 0 bridgehead atoms. The van der Waals surface area contributed by atoms with E-state index in [0.717, 1.165) is 16.0 Å². The van der Waals surface area contributed by atoms with Crippen molar-refractivity contribution in [3.05, 3.63) is 101 Å². The summed E-state index contributed by atoms with van der Waals surface area (Å²) in [4.78, 5) is 39.7. The standard InChI is InChI=1S/C25H22N2O4/c1-16(27-24(29)20-10-6-7-11-21(20)25(27)30)23(28)26-22(17-8-4-3-5-9-17)18-12-14-19(31-2)15-13-18/h3-16,22H,1-2H3,(H,26,28)/t16-,22+/m0/s1. The smallest absolute Gasteiger partial charge is 0.262 e. The van der Waals surface area contributed by atoms with Gasteiger partial charge in [-0.15, -0.1) is 0 Å². The number of carbonyl (C=O) groups is 3. The molecule has 0 aliphatic carbocycles. The molecule has 0 saturated carbocycles. The van der Waals surface area contributed by atoms with Gasteiger partial charge < -0.3 is 10.1 Å². The lowest BCUT2D eigenvalue weighted by Crippen LogP contribution is -2.48. The average molecular weight is 414 g/mol. The van der Waals surface area contributed by atoms with Crippen LogP contribution >= 0.6 is 0 Å². The Bertz CT molecular complexity index is 1090. The summed E-state index contributed by atoms with van der Waals surface area (Å²) in [5.74, 6) is -0.617. The molecule has 3 aromatic carbocycles. The fourth-order valence-corrected chi connectivity index (χ4v) is 3.74. The molecule has 2 atom stereocenters. The van der Waals surface area contributed by atoms with E-state index < -0.39 is 29.8 Å². The number of rotatable bonds is 6. The van der Waals surface area contributed by atoms with E-state index in [2.05, 4.69) is 5.32 Å². The number of amides is 3. The Morgan fingerprint density at radius 3 is 1.87 bits per heavy atom. The molecule has 0 radical (unpaired) electrons. The van der Waals surface area contributed by atoms with Crippen molar-refractivity contribution in [1.29, 1.82) is 0 Å². The second kappa shape index (κ2) is 8.44. The van der Waals surface area contributed by atoms with E-state index in [1.165, 1.54) is 0 Å². The molecule has 0 saturated heterocycles. The van der Waals surface area contributed by atoms with Crippen LogP contribution in [-0.4, -0.2) is 35.8 Å². The van der Waals surface area contributed by atoms with Crippen LogP contribution < -0.4 is 10.1 Å². The zero-order valence-electron chi connectivity index (χ0n) is 17.2. The first-order valence-electron chi connectivity index (χ1n) is 9.97. The molecule has 156 valence electrons. The van der Waals surface area contributed by atoms with Crippen LogP contribution in [0, 0.1) is 0 Å². The van der Waals surface area contributed by atoms with E-state index >= 15 is 0 Å². The number of nitrogens with one attached hydrogen (secondary N) is 1. The first-order chi connectivity index (χ1) is 15.0. The summed E-state index contributed by atoms with van der Waals surface area (Å²) in [6, 6.07) is 22.1. The second-order valence-corrected chi connectivity index (χ2v) is 7.33. The predicted molar refractivity (Wildman–Crippen MR) is 116 cm³/mol. The molecule has 3 aromatic rings. The highest BCUT2D eigenvalue weighted by atomic mass is 16.5. The maximum absolute atomic E-state index is 13.2. The molecule has 6 heteroatoms. The number of carbonyl (C=O) groups excluding carboxylic acids is 3. The lowest BCUT2D eigenvalue weighted by atomic mass is 9.98. The number of hydrogen-bond acceptors (Lipinski definition) is 4. The van der Waals surface area contributed by atoms with Crippen LogP contribution in [0.1, 0.15) is 44.8 Å². The van der Waals surface area contributed by atoms with Crippen molar-refractivity contribution >= 4 is 17.7 Å². The highest BCUT2D eigenvalue weighted by Crippen LogP contribution is 2.27. The number of methoxy groups -OCH3 is 1. The lowest BCUT2D eigenvalue weighted by molar-refractivity contribution is -0.125. The molecule has 3 amide bonds. The topological polar surface area (TPSA) is 75.7 Å². The van der Waals surface area contributed by atoms with Gasteiger partial charge in [0.2, 0.25) is 5.91 Å². The van der Waals surface area contributed by atoms with Crippen LogP contribution in [0.4, 0.5) is 0 Å². The van der Waals surface area contributed by atoms with Crippen LogP contribution in [0.3, 0.4) is 0 Å². The average Bonchev–Trinajstić information content (AvgIpc) is 3.07. The Morgan fingerprint density at radius 1 is 0.806 bits per heavy atom. The van der Waals surface area contributed by atoms with Gasteiger partial charge in [-0.05, 0) is 42.3 Å². The Balaban J connectivity index is 1.60. The van der Waals surface area contributed by atoms with Crippen LogP contribution in [0.25, 0.3) is 0 Å². The lowest BCUT2D eigenvalue weighted by Gasteiger charge is -2.26.